The van der Waals surface area contributed by atoms with Crippen LogP contribution in [-0.4, -0.2) is 49.6 Å². The van der Waals surface area contributed by atoms with Gasteiger partial charge in [0.1, 0.15) is 0 Å². The first-order valence-electron chi connectivity index (χ1n) is 7.43. The molecule has 0 rings (SSSR count). The largest absolute Gasteiger partial charge is 0.305 e. The third-order valence-electron chi connectivity index (χ3n) is 3.43. The predicted octanol–water partition coefficient (Wildman–Crippen LogP) is 3.73. The summed E-state index contributed by atoms with van der Waals surface area (Å²) in [5.74, 6) is 0. The van der Waals surface area contributed by atoms with E-state index in [1.165, 1.54) is 5.57 Å². The second-order valence-electron chi connectivity index (χ2n) is 5.12. The van der Waals surface area contributed by atoms with Gasteiger partial charge in [0.05, 0.1) is 0 Å². The number of rotatable bonds is 10. The van der Waals surface area contributed by atoms with Crippen LogP contribution in [0.25, 0.3) is 0 Å². The Labute approximate surface area is 120 Å². The number of likely N-dealkylation sites (N-methyl/N-ethyl adjacent to an activating group) is 2. The lowest BCUT2D eigenvalue weighted by Crippen LogP contribution is -2.33. The number of hydrogen-bond acceptors (Lipinski definition) is 2. The highest BCUT2D eigenvalue weighted by molar-refractivity contribution is 5.24. The molecule has 0 aliphatic rings. The molecule has 0 radical (unpaired) electrons. The molecule has 0 amide bonds. The average Bonchev–Trinajstić information content (AvgIpc) is 2.39. The summed E-state index contributed by atoms with van der Waals surface area (Å²) in [6, 6.07) is 0. The number of hydrogen-bond donors (Lipinski definition) is 0. The fourth-order valence-corrected chi connectivity index (χ4v) is 1.86. The van der Waals surface area contributed by atoms with Gasteiger partial charge in [-0.05, 0) is 40.4 Å². The molecule has 2 nitrogen and oxygen atoms in total. The maximum absolute atomic E-state index is 3.89. The molecule has 0 saturated heterocycles. The Kier molecular flexibility index (Phi) is 10.5. The van der Waals surface area contributed by atoms with Gasteiger partial charge in [0, 0.05) is 19.6 Å². The minimum absolute atomic E-state index is 1.11. The van der Waals surface area contributed by atoms with Crippen molar-refractivity contribution in [3.8, 4) is 0 Å². The normalized spacial score (nSPS) is 12.9. The molecule has 0 bridgehead atoms. The van der Waals surface area contributed by atoms with Crippen LogP contribution in [0.3, 0.4) is 0 Å². The zero-order valence-electron chi connectivity index (χ0n) is 13.6. The molecule has 2 heteroatoms. The summed E-state index contributed by atoms with van der Waals surface area (Å²) in [5, 5.41) is 0. The summed E-state index contributed by atoms with van der Waals surface area (Å²) in [7, 11) is 2.21. The van der Waals surface area contributed by atoms with Crippen molar-refractivity contribution in [2.75, 3.05) is 39.8 Å². The molecule has 0 heterocycles. The van der Waals surface area contributed by atoms with Crippen LogP contribution in [0.5, 0.6) is 0 Å². The lowest BCUT2D eigenvalue weighted by Gasteiger charge is -2.23. The van der Waals surface area contributed by atoms with Crippen LogP contribution in [0, 0.1) is 0 Å². The lowest BCUT2D eigenvalue weighted by molar-refractivity contribution is 0.242. The van der Waals surface area contributed by atoms with Crippen molar-refractivity contribution >= 4 is 0 Å². The summed E-state index contributed by atoms with van der Waals surface area (Å²) in [6.07, 6.45) is 7.57. The summed E-state index contributed by atoms with van der Waals surface area (Å²) in [6.45, 7) is 18.2. The minimum atomic E-state index is 1.11. The molecule has 0 aliphatic heterocycles. The molecule has 0 fully saturated rings. The Morgan fingerprint density at radius 3 is 2.16 bits per heavy atom. The van der Waals surface area contributed by atoms with Crippen molar-refractivity contribution in [2.45, 2.75) is 34.1 Å². The van der Waals surface area contributed by atoms with Gasteiger partial charge in [0.15, 0.2) is 0 Å². The molecule has 0 unspecified atom stereocenters. The van der Waals surface area contributed by atoms with Gasteiger partial charge < -0.3 is 9.80 Å². The van der Waals surface area contributed by atoms with Crippen molar-refractivity contribution in [1.82, 2.24) is 9.80 Å². The van der Waals surface area contributed by atoms with Crippen LogP contribution >= 0.6 is 0 Å². The summed E-state index contributed by atoms with van der Waals surface area (Å²) >= 11 is 0. The van der Waals surface area contributed by atoms with E-state index < -0.39 is 0 Å². The zero-order valence-corrected chi connectivity index (χ0v) is 13.6. The average molecular weight is 264 g/mol. The topological polar surface area (TPSA) is 6.48 Å². The van der Waals surface area contributed by atoms with Gasteiger partial charge in [-0.3, -0.25) is 0 Å². The maximum Gasteiger partial charge on any atom is 0.0109 e. The summed E-state index contributed by atoms with van der Waals surface area (Å²) in [5.41, 5.74) is 2.49. The Bertz CT molecular complexity index is 298. The molecule has 0 aromatic heterocycles. The quantitative estimate of drug-likeness (QED) is 0.555. The maximum atomic E-state index is 3.89. The van der Waals surface area contributed by atoms with Gasteiger partial charge in [-0.25, -0.2) is 0 Å². The van der Waals surface area contributed by atoms with Gasteiger partial charge in [-0.2, -0.15) is 0 Å². The first kappa shape index (κ1) is 18.1. The zero-order chi connectivity index (χ0) is 14.7. The first-order valence-corrected chi connectivity index (χ1v) is 7.43. The van der Waals surface area contributed by atoms with Gasteiger partial charge in [-0.1, -0.05) is 49.8 Å². The Morgan fingerprint density at radius 2 is 1.68 bits per heavy atom. The van der Waals surface area contributed by atoms with Crippen LogP contribution in [-0.2, 0) is 0 Å². The molecule has 0 aromatic carbocycles. The molecule has 110 valence electrons. The van der Waals surface area contributed by atoms with E-state index in [2.05, 4.69) is 62.4 Å². The van der Waals surface area contributed by atoms with E-state index in [1.54, 1.807) is 0 Å². The predicted molar refractivity (Wildman–Crippen MR) is 87.6 cm³/mol. The van der Waals surface area contributed by atoms with Crippen LogP contribution in [0.15, 0.2) is 36.0 Å². The first-order chi connectivity index (χ1) is 9.03. The van der Waals surface area contributed by atoms with E-state index in [4.69, 9.17) is 0 Å². The number of allylic oxidation sites excluding steroid dienone is 4. The number of nitrogens with zero attached hydrogens (tertiary/aromatic N) is 2. The molecule has 0 aromatic rings. The Hall–Kier alpha value is -0.860. The second kappa shape index (κ2) is 11.0. The smallest absolute Gasteiger partial charge is 0.0109 e. The van der Waals surface area contributed by atoms with Crippen molar-refractivity contribution in [1.29, 1.82) is 0 Å². The highest BCUT2D eigenvalue weighted by Gasteiger charge is 2.03. The summed E-state index contributed by atoms with van der Waals surface area (Å²) in [4.78, 5) is 4.88. The highest BCUT2D eigenvalue weighted by atomic mass is 15.2. The monoisotopic (exact) mass is 264 g/mol. The molecular formula is C17H32N2. The summed E-state index contributed by atoms with van der Waals surface area (Å²) < 4.78 is 0. The van der Waals surface area contributed by atoms with Gasteiger partial charge >= 0.3 is 0 Å². The molecule has 0 saturated carbocycles. The fraction of sp³-hybridized carbons (Fsp3) is 0.647. The minimum Gasteiger partial charge on any atom is -0.305 e. The van der Waals surface area contributed by atoms with Crippen molar-refractivity contribution < 1.29 is 0 Å². The molecule has 0 aliphatic carbocycles. The SMILES string of the molecule is C=C(C)/C=C\C(=C/C)CCN(C)CCN(CC)CC. The van der Waals surface area contributed by atoms with E-state index in [0.717, 1.165) is 44.7 Å². The van der Waals surface area contributed by atoms with Crippen LogP contribution < -0.4 is 0 Å². The van der Waals surface area contributed by atoms with Crippen molar-refractivity contribution in [2.24, 2.45) is 0 Å². The van der Waals surface area contributed by atoms with Crippen LogP contribution in [0.1, 0.15) is 34.1 Å². The standard InChI is InChI=1S/C17H32N2/c1-7-17(11-10-16(4)5)12-13-18(6)14-15-19(8-2)9-3/h7,10-11H,4,8-9,12-15H2,1-3,5-6H3/b11-10-,17-7+. The van der Waals surface area contributed by atoms with Gasteiger partial charge in [-0.15, -0.1) is 0 Å². The van der Waals surface area contributed by atoms with E-state index in [1.807, 2.05) is 6.92 Å². The Balaban J connectivity index is 4.00. The molecular weight excluding hydrogens is 232 g/mol. The van der Waals surface area contributed by atoms with Crippen LogP contribution in [0.2, 0.25) is 0 Å². The van der Waals surface area contributed by atoms with Crippen LogP contribution in [0.4, 0.5) is 0 Å². The lowest BCUT2D eigenvalue weighted by atomic mass is 10.1. The molecule has 19 heavy (non-hydrogen) atoms. The highest BCUT2D eigenvalue weighted by Crippen LogP contribution is 2.06. The second-order valence-corrected chi connectivity index (χ2v) is 5.12. The van der Waals surface area contributed by atoms with Crippen molar-refractivity contribution in [3.05, 3.63) is 36.0 Å². The third-order valence-corrected chi connectivity index (χ3v) is 3.43. The molecule has 0 atom stereocenters. The molecule has 0 N–H and O–H groups in total. The third kappa shape index (κ3) is 9.69. The Morgan fingerprint density at radius 1 is 1.05 bits per heavy atom. The van der Waals surface area contributed by atoms with E-state index in [9.17, 15) is 0 Å². The van der Waals surface area contributed by atoms with E-state index >= 15 is 0 Å². The fourth-order valence-electron chi connectivity index (χ4n) is 1.86. The van der Waals surface area contributed by atoms with Crippen molar-refractivity contribution in [3.63, 3.8) is 0 Å². The van der Waals surface area contributed by atoms with E-state index in [0.29, 0.717) is 0 Å². The van der Waals surface area contributed by atoms with Gasteiger partial charge in [0.2, 0.25) is 0 Å². The van der Waals surface area contributed by atoms with Gasteiger partial charge in [0.25, 0.3) is 0 Å². The van der Waals surface area contributed by atoms with E-state index in [-0.39, 0.29) is 0 Å². The molecule has 0 spiro atoms.